The summed E-state index contributed by atoms with van der Waals surface area (Å²) >= 11 is 0. The van der Waals surface area contributed by atoms with Gasteiger partial charge < -0.3 is 35.9 Å². The van der Waals surface area contributed by atoms with Crippen LogP contribution >= 0.6 is 0 Å². The first kappa shape index (κ1) is 51.7. The summed E-state index contributed by atoms with van der Waals surface area (Å²) in [6, 6.07) is 8.74. The second-order valence-electron chi connectivity index (χ2n) is 13.7. The predicted molar refractivity (Wildman–Crippen MR) is 205 cm³/mol. The number of alkyl halides is 12. The first-order chi connectivity index (χ1) is 28.1. The van der Waals surface area contributed by atoms with Crippen LogP contribution in [0.2, 0.25) is 0 Å². The molecule has 5 N–H and O–H groups in total. The van der Waals surface area contributed by atoms with E-state index in [4.69, 9.17) is 16.2 Å². The summed E-state index contributed by atoms with van der Waals surface area (Å²) < 4.78 is 165. The van der Waals surface area contributed by atoms with Gasteiger partial charge in [0.25, 0.3) is 0 Å². The Morgan fingerprint density at radius 3 is 1.54 bits per heavy atom. The molecule has 0 radical (unpaired) electrons. The van der Waals surface area contributed by atoms with E-state index in [1.54, 1.807) is 20.8 Å². The molecule has 0 unspecified atom stereocenters. The molecule has 4 rings (SSSR count). The summed E-state index contributed by atoms with van der Waals surface area (Å²) in [7, 11) is 0. The van der Waals surface area contributed by atoms with Crippen molar-refractivity contribution in [1.29, 1.82) is 0 Å². The quantitative estimate of drug-likeness (QED) is 0.177. The number of allylic oxidation sites excluding steroid dienone is 4. The number of carbonyl (C=O) groups is 1. The van der Waals surface area contributed by atoms with Crippen molar-refractivity contribution in [2.75, 3.05) is 26.2 Å². The molecule has 2 heterocycles. The third kappa shape index (κ3) is 18.8. The summed E-state index contributed by atoms with van der Waals surface area (Å²) in [6.45, 7) is 10.3. The molecule has 10 nitrogen and oxygen atoms in total. The van der Waals surface area contributed by atoms with Crippen LogP contribution in [0.3, 0.4) is 0 Å². The number of hydrogen-bond acceptors (Lipinski definition) is 9. The fraction of sp³-hybridized carbons (Fsp3) is 0.462. The van der Waals surface area contributed by atoms with Gasteiger partial charge in [-0.1, -0.05) is 19.9 Å². The summed E-state index contributed by atoms with van der Waals surface area (Å²) in [5.41, 5.74) is 7.31. The first-order valence-corrected chi connectivity index (χ1v) is 18.4. The molecule has 1 saturated heterocycles. The third-order valence-corrected chi connectivity index (χ3v) is 8.03. The Bertz CT molecular complexity index is 1870. The second kappa shape index (κ2) is 21.9. The summed E-state index contributed by atoms with van der Waals surface area (Å²) in [5, 5.41) is 3.05. The Morgan fingerprint density at radius 2 is 1.16 bits per heavy atom. The van der Waals surface area contributed by atoms with Crippen LogP contribution in [-0.4, -0.2) is 80.3 Å². The number of ether oxygens (including phenoxy) is 3. The lowest BCUT2D eigenvalue weighted by Gasteiger charge is -2.30. The fourth-order valence-electron chi connectivity index (χ4n) is 5.33. The maximum Gasteiger partial charge on any atom is 0.573 e. The molecule has 0 aromatic heterocycles. The summed E-state index contributed by atoms with van der Waals surface area (Å²) in [5.74, 6) is -1.33. The number of halogens is 12. The average Bonchev–Trinajstić information content (AvgIpc) is 3.15. The summed E-state index contributed by atoms with van der Waals surface area (Å²) in [4.78, 5) is 21.3. The minimum atomic E-state index is -4.87. The summed E-state index contributed by atoms with van der Waals surface area (Å²) in [6.07, 6.45) is -15.4. The number of carbonyl (C=O) groups excluding carboxylic acids is 1. The molecule has 0 atom stereocenters. The maximum absolute atomic E-state index is 13.3. The van der Waals surface area contributed by atoms with E-state index < -0.39 is 65.6 Å². The van der Waals surface area contributed by atoms with Crippen molar-refractivity contribution < 1.29 is 71.7 Å². The number of piperidine rings is 1. The Hall–Kier alpha value is -5.41. The van der Waals surface area contributed by atoms with Crippen LogP contribution < -0.4 is 26.3 Å². The number of hydrogen-bond donors (Lipinski definition) is 3. The predicted octanol–water partition coefficient (Wildman–Crippen LogP) is 10.7. The van der Waals surface area contributed by atoms with E-state index >= 15 is 0 Å². The maximum atomic E-state index is 13.3. The Morgan fingerprint density at radius 1 is 0.721 bits per heavy atom. The normalized spacial score (nSPS) is 16.7. The Balaban J connectivity index is 0.000000414. The van der Waals surface area contributed by atoms with E-state index in [9.17, 15) is 57.5 Å². The number of amides is 1. The molecule has 2 aromatic carbocycles. The van der Waals surface area contributed by atoms with Gasteiger partial charge in [0, 0.05) is 36.7 Å². The van der Waals surface area contributed by atoms with E-state index in [-0.39, 0.29) is 47.6 Å². The van der Waals surface area contributed by atoms with Crippen molar-refractivity contribution in [2.24, 2.45) is 27.4 Å². The van der Waals surface area contributed by atoms with Crippen molar-refractivity contribution in [3.05, 3.63) is 82.7 Å². The van der Waals surface area contributed by atoms with Crippen molar-refractivity contribution >= 4 is 29.9 Å². The van der Waals surface area contributed by atoms with E-state index in [1.165, 1.54) is 23.1 Å². The van der Waals surface area contributed by atoms with Crippen LogP contribution in [0.5, 0.6) is 11.5 Å². The molecule has 2 aliphatic rings. The molecule has 22 heteroatoms. The molecule has 0 saturated carbocycles. The monoisotopic (exact) mass is 890 g/mol. The van der Waals surface area contributed by atoms with E-state index in [0.717, 1.165) is 48.8 Å². The Kier molecular flexibility index (Phi) is 18.6. The lowest BCUT2D eigenvalue weighted by atomic mass is 9.89. The van der Waals surface area contributed by atoms with Crippen LogP contribution in [-0.2, 0) is 4.74 Å². The highest BCUT2D eigenvalue weighted by atomic mass is 19.4. The minimum Gasteiger partial charge on any atom is -0.444 e. The highest BCUT2D eigenvalue weighted by Crippen LogP contribution is 2.33. The fourth-order valence-corrected chi connectivity index (χ4v) is 5.33. The van der Waals surface area contributed by atoms with E-state index in [2.05, 4.69) is 24.8 Å². The van der Waals surface area contributed by atoms with Gasteiger partial charge in [0.2, 0.25) is 0 Å². The standard InChI is InChI=1S/C21H23F6N3O3.C16H17F6N3O.C2H6/c1-19(2,3)33-18(31)30-10-8-13(9-11-30)16(17(28)20(22,23)24)12-29-14-4-6-15(7-5-14)32-21(25,26)27;17-15(18,19)14(23)13(10-5-7-24-8-6-10)9-25-11-1-3-12(4-2-11)26-16(20,21)22;1-2/h4-8,12H,9-11,28H2,1-3H3;1-4,9-10,24H,5-8,23H2;1-2H3/b17-16+,29-12?;14-13+,25-9?;. The van der Waals surface area contributed by atoms with Gasteiger partial charge in [-0.05, 0) is 113 Å². The van der Waals surface area contributed by atoms with Gasteiger partial charge in [-0.15, -0.1) is 26.3 Å². The van der Waals surface area contributed by atoms with Gasteiger partial charge in [0.1, 0.15) is 28.5 Å². The zero-order chi connectivity index (χ0) is 46.4. The topological polar surface area (TPSA) is 137 Å². The van der Waals surface area contributed by atoms with E-state index in [1.807, 2.05) is 13.8 Å². The number of nitrogens with two attached hydrogens (primary N) is 2. The number of aliphatic imine (C=N–C) groups is 2. The van der Waals surface area contributed by atoms with Gasteiger partial charge >= 0.3 is 31.2 Å². The third-order valence-electron chi connectivity index (χ3n) is 8.03. The van der Waals surface area contributed by atoms with Crippen LogP contribution in [0.15, 0.2) is 92.7 Å². The van der Waals surface area contributed by atoms with Gasteiger partial charge in [-0.2, -0.15) is 26.3 Å². The molecule has 1 amide bonds. The van der Waals surface area contributed by atoms with Gasteiger partial charge in [0.15, 0.2) is 0 Å². The lowest BCUT2D eigenvalue weighted by molar-refractivity contribution is -0.275. The largest absolute Gasteiger partial charge is 0.573 e. The van der Waals surface area contributed by atoms with Crippen LogP contribution in [0, 0.1) is 5.92 Å². The van der Waals surface area contributed by atoms with Crippen molar-refractivity contribution in [3.63, 3.8) is 0 Å². The van der Waals surface area contributed by atoms with Gasteiger partial charge in [-0.25, -0.2) is 4.79 Å². The number of nitrogens with one attached hydrogen (secondary N) is 1. The molecule has 340 valence electrons. The number of rotatable bonds is 8. The molecule has 2 aromatic rings. The first-order valence-electron chi connectivity index (χ1n) is 18.4. The van der Waals surface area contributed by atoms with Crippen LogP contribution in [0.1, 0.15) is 53.9 Å². The molecule has 2 aliphatic heterocycles. The molecule has 0 spiro atoms. The number of nitrogens with zero attached hydrogens (tertiary/aromatic N) is 3. The lowest BCUT2D eigenvalue weighted by Crippen LogP contribution is -2.39. The van der Waals surface area contributed by atoms with Crippen LogP contribution in [0.25, 0.3) is 0 Å². The minimum absolute atomic E-state index is 0.0101. The molecule has 61 heavy (non-hydrogen) atoms. The molecular weight excluding hydrogens is 844 g/mol. The SMILES string of the molecule is CC.CC(C)(C)OC(=O)N1CC=C(/C(C=Nc2ccc(OC(F)(F)F)cc2)=C(/N)C(F)(F)F)CC1.N/C(=C(\C=Nc1ccc(OC(F)(F)F)cc1)C1CCNCC1)C(F)(F)F. The van der Waals surface area contributed by atoms with Crippen molar-refractivity contribution in [1.82, 2.24) is 10.2 Å². The zero-order valence-corrected chi connectivity index (χ0v) is 33.5. The molecule has 1 fully saturated rings. The average molecular weight is 891 g/mol. The van der Waals surface area contributed by atoms with Crippen molar-refractivity contribution in [2.45, 2.75) is 84.6 Å². The van der Waals surface area contributed by atoms with Gasteiger partial charge in [-0.3, -0.25) is 9.98 Å². The highest BCUT2D eigenvalue weighted by Gasteiger charge is 2.37. The molecule has 0 bridgehead atoms. The van der Waals surface area contributed by atoms with E-state index in [0.29, 0.717) is 25.9 Å². The second-order valence-corrected chi connectivity index (χ2v) is 13.7. The smallest absolute Gasteiger partial charge is 0.444 e. The van der Waals surface area contributed by atoms with Gasteiger partial charge in [0.05, 0.1) is 11.4 Å². The molecule has 0 aliphatic carbocycles. The highest BCUT2D eigenvalue weighted by molar-refractivity contribution is 5.88. The molecular formula is C39H46F12N6O4. The van der Waals surface area contributed by atoms with Crippen LogP contribution in [0.4, 0.5) is 68.9 Å². The van der Waals surface area contributed by atoms with Crippen molar-refractivity contribution in [3.8, 4) is 11.5 Å². The Labute approximate surface area is 344 Å². The number of benzene rings is 2. The zero-order valence-electron chi connectivity index (χ0n) is 33.5.